The molecule has 0 saturated heterocycles. The van der Waals surface area contributed by atoms with Crippen LogP contribution in [0.15, 0.2) is 0 Å². The molecule has 0 heterocycles. The van der Waals surface area contributed by atoms with Gasteiger partial charge in [0, 0.05) is 7.57 Å². The van der Waals surface area contributed by atoms with Gasteiger partial charge in [-0.3, -0.25) is 0 Å². The molecule has 0 aliphatic carbocycles. The van der Waals surface area contributed by atoms with E-state index in [4.69, 9.17) is 36.2 Å². The van der Waals surface area contributed by atoms with Crippen molar-refractivity contribution in [2.24, 2.45) is 0 Å². The molecule has 0 aliphatic rings. The highest BCUT2D eigenvalue weighted by molar-refractivity contribution is 7.60. The van der Waals surface area contributed by atoms with Gasteiger partial charge in [0.15, 0.2) is 0 Å². The van der Waals surface area contributed by atoms with E-state index in [-0.39, 0.29) is 41.0 Å². The highest BCUT2D eigenvalue weighted by atomic mass is 31.2. The molecule has 0 aromatic rings. The molecule has 9 nitrogen and oxygen atoms in total. The molecule has 48 heavy (non-hydrogen) atoms. The summed E-state index contributed by atoms with van der Waals surface area (Å²) in [5.74, 6) is 0. The molecule has 296 valence electrons. The van der Waals surface area contributed by atoms with Crippen molar-refractivity contribution in [3.8, 4) is 0 Å². The first kappa shape index (κ1) is 55.3. The maximum atomic E-state index is 11.7. The van der Waals surface area contributed by atoms with Crippen LogP contribution in [0.3, 0.4) is 0 Å². The molecule has 0 fully saturated rings. The van der Waals surface area contributed by atoms with Gasteiger partial charge in [-0.15, -0.1) is 0 Å². The van der Waals surface area contributed by atoms with E-state index in [1.165, 1.54) is 0 Å². The largest absolute Gasteiger partial charge is 0.789 e. The molecule has 0 N–H and O–H groups in total. The van der Waals surface area contributed by atoms with Gasteiger partial charge in [0.1, 0.15) is 0 Å². The Hall–Kier alpha value is 0.540. The van der Waals surface area contributed by atoms with Crippen LogP contribution in [0.5, 0.6) is 0 Å². The first-order valence-corrected chi connectivity index (χ1v) is 21.4. The molecular formula is C36H82O9P3-. The second-order valence-electron chi connectivity index (χ2n) is 19.5. The van der Waals surface area contributed by atoms with E-state index in [0.717, 1.165) is 0 Å². The number of hydrogen-bond donors (Lipinski definition) is 0. The second kappa shape index (κ2) is 18.5. The molecule has 0 atom stereocenters. The SMILES string of the molecule is C.C=P(OC(C)(C)C)(OC(C)(C)C)OC(C)(C)C.C=P(OC(C)(C)C)(OC(C)(C)C)OC(C)(C)C.C=P([O-])(OC(C)(C)C)OC(C)(C)C. The van der Waals surface area contributed by atoms with Gasteiger partial charge in [0.25, 0.3) is 15.1 Å². The number of rotatable bonds is 8. The zero-order valence-corrected chi connectivity index (χ0v) is 37.8. The van der Waals surface area contributed by atoms with Crippen LogP contribution in [0, 0.1) is 0 Å². The molecule has 0 aliphatic heterocycles. The molecule has 0 unspecified atom stereocenters. The molecular weight excluding hydrogens is 669 g/mol. The second-order valence-corrected chi connectivity index (χ2v) is 24.6. The number of hydrogen-bond acceptors (Lipinski definition) is 9. The first-order valence-electron chi connectivity index (χ1n) is 16.2. The lowest BCUT2D eigenvalue weighted by Gasteiger charge is -2.40. The molecule has 12 heteroatoms. The summed E-state index contributed by atoms with van der Waals surface area (Å²) in [7, 11) is -8.35. The molecule has 0 spiro atoms. The third-order valence-electron chi connectivity index (χ3n) is 3.30. The van der Waals surface area contributed by atoms with E-state index in [0.29, 0.717) is 0 Å². The Kier molecular flexibility index (Phi) is 21.4. The first-order chi connectivity index (χ1) is 19.7. The van der Waals surface area contributed by atoms with Crippen molar-refractivity contribution in [1.29, 1.82) is 0 Å². The normalized spacial score (nSPS) is 14.7. The van der Waals surface area contributed by atoms with Crippen LogP contribution in [0.1, 0.15) is 174 Å². The Bertz CT molecular complexity index is 883. The van der Waals surface area contributed by atoms with Crippen molar-refractivity contribution in [3.63, 3.8) is 0 Å². The van der Waals surface area contributed by atoms with E-state index in [2.05, 4.69) is 18.9 Å². The summed E-state index contributed by atoms with van der Waals surface area (Å²) in [6.07, 6.45) is 11.6. The van der Waals surface area contributed by atoms with Crippen molar-refractivity contribution in [1.82, 2.24) is 0 Å². The van der Waals surface area contributed by atoms with Crippen molar-refractivity contribution >= 4 is 41.6 Å². The quantitative estimate of drug-likeness (QED) is 0.224. The Morgan fingerprint density at radius 2 is 0.396 bits per heavy atom. The molecule has 0 saturated carbocycles. The summed E-state index contributed by atoms with van der Waals surface area (Å²) >= 11 is 0. The fourth-order valence-corrected chi connectivity index (χ4v) is 10.4. The Labute approximate surface area is 300 Å². The topological polar surface area (TPSA) is 96.9 Å². The molecule has 0 amide bonds. The van der Waals surface area contributed by atoms with Gasteiger partial charge in [-0.25, -0.2) is 0 Å². The fourth-order valence-electron chi connectivity index (χ4n) is 3.47. The van der Waals surface area contributed by atoms with E-state index >= 15 is 0 Å². The Morgan fingerprint density at radius 1 is 0.292 bits per heavy atom. The fraction of sp³-hybridized carbons (Fsp3) is 0.917. The summed E-state index contributed by atoms with van der Waals surface area (Å²) in [6, 6.07) is 0. The minimum Gasteiger partial charge on any atom is -0.789 e. The predicted octanol–water partition coefficient (Wildman–Crippen LogP) is 12.1. The van der Waals surface area contributed by atoms with Crippen molar-refractivity contribution in [2.45, 2.75) is 218 Å². The van der Waals surface area contributed by atoms with E-state index in [1.807, 2.05) is 166 Å². The lowest BCUT2D eigenvalue weighted by molar-refractivity contribution is -0.223. The average Bonchev–Trinajstić information content (AvgIpc) is 2.44. The maximum absolute atomic E-state index is 11.7. The van der Waals surface area contributed by atoms with E-state index in [9.17, 15) is 4.89 Å². The van der Waals surface area contributed by atoms with Crippen LogP contribution in [0.25, 0.3) is 0 Å². The lowest BCUT2D eigenvalue weighted by atomic mass is 10.2. The third kappa shape index (κ3) is 41.0. The van der Waals surface area contributed by atoms with Gasteiger partial charge in [-0.2, -0.15) is 0 Å². The zero-order chi connectivity index (χ0) is 39.2. The maximum Gasteiger partial charge on any atom is 0.252 e. The van der Waals surface area contributed by atoms with Crippen molar-refractivity contribution in [2.75, 3.05) is 0 Å². The summed E-state index contributed by atoms with van der Waals surface area (Å²) in [6.45, 7) is 46.5. The highest BCUT2D eigenvalue weighted by Crippen LogP contribution is 2.58. The monoisotopic (exact) mass is 752 g/mol. The highest BCUT2D eigenvalue weighted by Gasteiger charge is 2.35. The van der Waals surface area contributed by atoms with Gasteiger partial charge in [-0.1, -0.05) is 13.7 Å². The summed E-state index contributed by atoms with van der Waals surface area (Å²) in [5.41, 5.74) is -3.04. The van der Waals surface area contributed by atoms with E-state index in [1.54, 1.807) is 0 Å². The predicted molar refractivity (Wildman–Crippen MR) is 216 cm³/mol. The van der Waals surface area contributed by atoms with Crippen LogP contribution in [-0.4, -0.2) is 63.7 Å². The van der Waals surface area contributed by atoms with Gasteiger partial charge in [-0.05, 0) is 179 Å². The van der Waals surface area contributed by atoms with Crippen molar-refractivity contribution in [3.05, 3.63) is 0 Å². The van der Waals surface area contributed by atoms with Gasteiger partial charge in [0.05, 0.1) is 44.8 Å². The van der Waals surface area contributed by atoms with E-state index < -0.39 is 33.9 Å². The summed E-state index contributed by atoms with van der Waals surface area (Å²) < 4.78 is 46.0. The van der Waals surface area contributed by atoms with Crippen LogP contribution in [-0.2, 0) is 36.2 Å². The Balaban J connectivity index is -0.000000303. The third-order valence-corrected chi connectivity index (χ3v) is 9.91. The molecule has 0 aromatic carbocycles. The average molecular weight is 752 g/mol. The molecule has 0 rings (SSSR count). The molecule has 0 radical (unpaired) electrons. The summed E-state index contributed by atoms with van der Waals surface area (Å²) in [5, 5.41) is 0. The van der Waals surface area contributed by atoms with Crippen LogP contribution < -0.4 is 4.89 Å². The smallest absolute Gasteiger partial charge is 0.252 e. The van der Waals surface area contributed by atoms with Crippen LogP contribution >= 0.6 is 22.7 Å². The van der Waals surface area contributed by atoms with Gasteiger partial charge >= 0.3 is 0 Å². The van der Waals surface area contributed by atoms with Crippen molar-refractivity contribution < 1.29 is 41.1 Å². The minimum atomic E-state index is -3.19. The van der Waals surface area contributed by atoms with Crippen LogP contribution in [0.2, 0.25) is 0 Å². The summed E-state index contributed by atoms with van der Waals surface area (Å²) in [4.78, 5) is 11.7. The zero-order valence-electron chi connectivity index (χ0n) is 35.1. The lowest BCUT2D eigenvalue weighted by Crippen LogP contribution is -2.28. The standard InChI is InChI=1S/2C13H29O3P.C9H20O3P.CH4/c2*1-11(2,3)14-17(10,15-12(4,5)6)16-13(7,8)9;1-8(2,3)11-13(7,10)12-9(4,5)6;/h2*10H2,1-9H3;7H2,1-6H3;1H4/q;;-1;. The minimum absolute atomic E-state index is 0. The van der Waals surface area contributed by atoms with Gasteiger partial charge in [0.2, 0.25) is 0 Å². The Morgan fingerprint density at radius 3 is 0.479 bits per heavy atom. The van der Waals surface area contributed by atoms with Crippen LogP contribution in [0.4, 0.5) is 0 Å². The van der Waals surface area contributed by atoms with Gasteiger partial charge < -0.3 is 41.1 Å². The molecule has 0 aromatic heterocycles. The molecule has 0 bridgehead atoms.